The second-order valence-corrected chi connectivity index (χ2v) is 7.53. The molecular weight excluding hydrogens is 515 g/mol. The number of carbonyl (C=O) groups is 1. The molecule has 0 aliphatic heterocycles. The number of aromatic nitrogens is 2. The van der Waals surface area contributed by atoms with E-state index in [1.54, 1.807) is 32.2 Å². The second kappa shape index (κ2) is 12.8. The Kier molecular flexibility index (Phi) is 10.2. The third-order valence-electron chi connectivity index (χ3n) is 4.86. The van der Waals surface area contributed by atoms with Crippen LogP contribution in [0.4, 0.5) is 0 Å². The number of nitrogens with one attached hydrogen (secondary N) is 2. The molecule has 0 aliphatic rings. The van der Waals surface area contributed by atoms with Crippen molar-refractivity contribution in [1.29, 1.82) is 0 Å². The van der Waals surface area contributed by atoms with E-state index in [0.29, 0.717) is 12.1 Å². The van der Waals surface area contributed by atoms with Crippen molar-refractivity contribution >= 4 is 35.8 Å². The molecule has 0 spiro atoms. The molecule has 2 N–H and O–H groups in total. The summed E-state index contributed by atoms with van der Waals surface area (Å²) >= 11 is 0. The maximum atomic E-state index is 12.1. The number of nitrogens with zero attached hydrogens (tertiary/aromatic N) is 4. The van der Waals surface area contributed by atoms with Crippen LogP contribution in [0.5, 0.6) is 0 Å². The Hall–Kier alpha value is -2.88. The number of hydrogen-bond donors (Lipinski definition) is 2. The fourth-order valence-corrected chi connectivity index (χ4v) is 3.27. The minimum absolute atomic E-state index is 0. The van der Waals surface area contributed by atoms with Gasteiger partial charge in [-0.2, -0.15) is 5.10 Å². The van der Waals surface area contributed by atoms with E-state index >= 15 is 0 Å². The SMILES string of the molecule is CN=C(NCCc1cccc(C(=O)N(C)C)c1)NCc1cccc(Cn2cccn2)c1.I. The summed E-state index contributed by atoms with van der Waals surface area (Å²) in [5.41, 5.74) is 4.21. The van der Waals surface area contributed by atoms with Crippen LogP contribution in [-0.2, 0) is 19.5 Å². The molecule has 1 heterocycles. The van der Waals surface area contributed by atoms with Gasteiger partial charge in [0.2, 0.25) is 0 Å². The number of carbonyl (C=O) groups excluding carboxylic acids is 1. The summed E-state index contributed by atoms with van der Waals surface area (Å²) in [6, 6.07) is 18.1. The summed E-state index contributed by atoms with van der Waals surface area (Å²) in [6.45, 7) is 2.15. The number of hydrogen-bond acceptors (Lipinski definition) is 3. The molecule has 0 saturated heterocycles. The molecule has 0 saturated carbocycles. The van der Waals surface area contributed by atoms with Crippen molar-refractivity contribution in [1.82, 2.24) is 25.3 Å². The van der Waals surface area contributed by atoms with Gasteiger partial charge in [-0.15, -0.1) is 24.0 Å². The molecule has 3 rings (SSSR count). The number of rotatable bonds is 8. The molecule has 1 amide bonds. The van der Waals surface area contributed by atoms with Gasteiger partial charge < -0.3 is 15.5 Å². The van der Waals surface area contributed by atoms with Crippen LogP contribution in [0.3, 0.4) is 0 Å². The van der Waals surface area contributed by atoms with E-state index < -0.39 is 0 Å². The van der Waals surface area contributed by atoms with Gasteiger partial charge in [-0.3, -0.25) is 14.5 Å². The van der Waals surface area contributed by atoms with Crippen molar-refractivity contribution < 1.29 is 4.79 Å². The van der Waals surface area contributed by atoms with E-state index in [0.717, 1.165) is 31.0 Å². The predicted octanol–water partition coefficient (Wildman–Crippen LogP) is 3.16. The molecule has 8 heteroatoms. The minimum Gasteiger partial charge on any atom is -0.356 e. The van der Waals surface area contributed by atoms with Gasteiger partial charge in [-0.05, 0) is 41.3 Å². The number of amides is 1. The molecule has 2 aromatic carbocycles. The normalized spacial score (nSPS) is 10.9. The highest BCUT2D eigenvalue weighted by atomic mass is 127. The lowest BCUT2D eigenvalue weighted by atomic mass is 10.1. The van der Waals surface area contributed by atoms with Gasteiger partial charge in [0.1, 0.15) is 0 Å². The van der Waals surface area contributed by atoms with E-state index in [1.807, 2.05) is 41.2 Å². The van der Waals surface area contributed by atoms with E-state index in [9.17, 15) is 4.79 Å². The van der Waals surface area contributed by atoms with E-state index in [2.05, 4.69) is 45.0 Å². The Morgan fingerprint density at radius 2 is 1.78 bits per heavy atom. The van der Waals surface area contributed by atoms with Crippen molar-refractivity contribution in [2.45, 2.75) is 19.5 Å². The Morgan fingerprint density at radius 1 is 1.03 bits per heavy atom. The first kappa shape index (κ1) is 25.4. The highest BCUT2D eigenvalue weighted by Gasteiger charge is 2.08. The summed E-state index contributed by atoms with van der Waals surface area (Å²) in [5.74, 6) is 0.764. The number of aliphatic imine (C=N–C) groups is 1. The molecule has 0 aliphatic carbocycles. The van der Waals surface area contributed by atoms with Crippen LogP contribution < -0.4 is 10.6 Å². The van der Waals surface area contributed by atoms with Gasteiger partial charge in [-0.25, -0.2) is 0 Å². The highest BCUT2D eigenvalue weighted by molar-refractivity contribution is 14.0. The fourth-order valence-electron chi connectivity index (χ4n) is 3.27. The second-order valence-electron chi connectivity index (χ2n) is 7.53. The zero-order chi connectivity index (χ0) is 22.1. The fraction of sp³-hybridized carbons (Fsp3) is 0.292. The molecule has 32 heavy (non-hydrogen) atoms. The summed E-state index contributed by atoms with van der Waals surface area (Å²) in [6.07, 6.45) is 4.55. The van der Waals surface area contributed by atoms with Crippen LogP contribution in [0, 0.1) is 0 Å². The molecule has 170 valence electrons. The van der Waals surface area contributed by atoms with Crippen molar-refractivity contribution in [2.24, 2.45) is 4.99 Å². The summed E-state index contributed by atoms with van der Waals surface area (Å²) in [4.78, 5) is 18.0. The van der Waals surface area contributed by atoms with Gasteiger partial charge in [-0.1, -0.05) is 36.4 Å². The maximum absolute atomic E-state index is 12.1. The first-order chi connectivity index (χ1) is 15.0. The quantitative estimate of drug-likeness (QED) is 0.259. The van der Waals surface area contributed by atoms with Crippen LogP contribution in [0.15, 0.2) is 72.0 Å². The number of guanidine groups is 1. The zero-order valence-electron chi connectivity index (χ0n) is 18.8. The van der Waals surface area contributed by atoms with Crippen LogP contribution in [0.1, 0.15) is 27.0 Å². The first-order valence-electron chi connectivity index (χ1n) is 10.4. The Morgan fingerprint density at radius 3 is 2.50 bits per heavy atom. The molecule has 0 bridgehead atoms. The predicted molar refractivity (Wildman–Crippen MR) is 140 cm³/mol. The molecule has 0 unspecified atom stereocenters. The molecule has 0 atom stereocenters. The van der Waals surface area contributed by atoms with Crippen molar-refractivity contribution in [3.8, 4) is 0 Å². The molecular formula is C24H31IN6O. The lowest BCUT2D eigenvalue weighted by Gasteiger charge is -2.14. The van der Waals surface area contributed by atoms with E-state index in [1.165, 1.54) is 11.1 Å². The molecule has 0 radical (unpaired) electrons. The Balaban J connectivity index is 0.00000363. The van der Waals surface area contributed by atoms with Crippen molar-refractivity contribution in [3.63, 3.8) is 0 Å². The summed E-state index contributed by atoms with van der Waals surface area (Å²) in [5, 5.41) is 11.0. The third kappa shape index (κ3) is 7.67. The molecule has 0 fully saturated rings. The summed E-state index contributed by atoms with van der Waals surface area (Å²) in [7, 11) is 5.29. The van der Waals surface area contributed by atoms with Crippen LogP contribution in [-0.4, -0.2) is 54.2 Å². The zero-order valence-corrected chi connectivity index (χ0v) is 21.1. The average molecular weight is 546 g/mol. The first-order valence-corrected chi connectivity index (χ1v) is 10.4. The summed E-state index contributed by atoms with van der Waals surface area (Å²) < 4.78 is 1.91. The van der Waals surface area contributed by atoms with Gasteiger partial charge in [0.15, 0.2) is 5.96 Å². The van der Waals surface area contributed by atoms with Gasteiger partial charge in [0.25, 0.3) is 5.91 Å². The van der Waals surface area contributed by atoms with E-state index in [4.69, 9.17) is 0 Å². The van der Waals surface area contributed by atoms with Gasteiger partial charge >= 0.3 is 0 Å². The smallest absolute Gasteiger partial charge is 0.253 e. The monoisotopic (exact) mass is 546 g/mol. The largest absolute Gasteiger partial charge is 0.356 e. The lowest BCUT2D eigenvalue weighted by Crippen LogP contribution is -2.37. The Bertz CT molecular complexity index is 1020. The highest BCUT2D eigenvalue weighted by Crippen LogP contribution is 2.08. The number of halogens is 1. The van der Waals surface area contributed by atoms with Gasteiger partial charge in [0.05, 0.1) is 6.54 Å². The minimum atomic E-state index is 0. The number of benzene rings is 2. The molecule has 3 aromatic rings. The lowest BCUT2D eigenvalue weighted by molar-refractivity contribution is 0.0827. The van der Waals surface area contributed by atoms with E-state index in [-0.39, 0.29) is 29.9 Å². The van der Waals surface area contributed by atoms with Gasteiger partial charge in [0, 0.05) is 52.2 Å². The van der Waals surface area contributed by atoms with Crippen LogP contribution in [0.25, 0.3) is 0 Å². The standard InChI is InChI=1S/C24H30N6O.HI/c1-25-24(26-13-11-19-7-5-10-22(16-19)23(31)29(2)3)27-17-20-8-4-9-21(15-20)18-30-14-6-12-28-30;/h4-10,12,14-16H,11,13,17-18H2,1-3H3,(H2,25,26,27);1H. The van der Waals surface area contributed by atoms with Crippen LogP contribution in [0.2, 0.25) is 0 Å². The topological polar surface area (TPSA) is 74.6 Å². The Labute approximate surface area is 206 Å². The maximum Gasteiger partial charge on any atom is 0.253 e. The van der Waals surface area contributed by atoms with Crippen molar-refractivity contribution in [2.75, 3.05) is 27.7 Å². The average Bonchev–Trinajstić information content (AvgIpc) is 3.29. The molecule has 7 nitrogen and oxygen atoms in total. The molecule has 1 aromatic heterocycles. The van der Waals surface area contributed by atoms with Crippen molar-refractivity contribution in [3.05, 3.63) is 89.2 Å². The third-order valence-corrected chi connectivity index (χ3v) is 4.86. The van der Waals surface area contributed by atoms with Crippen LogP contribution >= 0.6 is 24.0 Å².